The molecule has 1 saturated heterocycles. The van der Waals surface area contributed by atoms with Crippen LogP contribution in [0.2, 0.25) is 0 Å². The number of carbonyl (C=O) groups excluding carboxylic acids is 1. The van der Waals surface area contributed by atoms with Crippen molar-refractivity contribution in [3.05, 3.63) is 77.2 Å². The van der Waals surface area contributed by atoms with E-state index in [2.05, 4.69) is 10.3 Å². The third-order valence-corrected chi connectivity index (χ3v) is 5.96. The molecule has 0 aliphatic carbocycles. The van der Waals surface area contributed by atoms with Crippen LogP contribution in [0.15, 0.2) is 54.7 Å². The van der Waals surface area contributed by atoms with E-state index in [1.807, 2.05) is 18.7 Å². The lowest BCUT2D eigenvalue weighted by molar-refractivity contribution is -0.141. The summed E-state index contributed by atoms with van der Waals surface area (Å²) >= 11 is 0. The van der Waals surface area contributed by atoms with E-state index in [-0.39, 0.29) is 35.1 Å². The first-order valence-electron chi connectivity index (χ1n) is 11.4. The van der Waals surface area contributed by atoms with E-state index >= 15 is 0 Å². The Kier molecular flexibility index (Phi) is 7.16. The molecule has 1 fully saturated rings. The van der Waals surface area contributed by atoms with Gasteiger partial charge in [-0.25, -0.2) is 9.37 Å². The molecule has 2 unspecified atom stereocenters. The molecule has 2 atom stereocenters. The summed E-state index contributed by atoms with van der Waals surface area (Å²) in [5, 5.41) is 3.39. The summed E-state index contributed by atoms with van der Waals surface area (Å²) in [6.07, 6.45) is -3.36. The zero-order valence-electron chi connectivity index (χ0n) is 19.8. The van der Waals surface area contributed by atoms with E-state index in [9.17, 15) is 22.4 Å². The van der Waals surface area contributed by atoms with Crippen LogP contribution in [0.4, 0.5) is 23.4 Å². The van der Waals surface area contributed by atoms with Crippen molar-refractivity contribution in [1.29, 1.82) is 0 Å². The zero-order valence-corrected chi connectivity index (χ0v) is 19.8. The van der Waals surface area contributed by atoms with Gasteiger partial charge in [0.15, 0.2) is 11.6 Å². The predicted molar refractivity (Wildman–Crippen MR) is 128 cm³/mol. The minimum absolute atomic E-state index is 0.0162. The van der Waals surface area contributed by atoms with E-state index < -0.39 is 24.2 Å². The number of nitrogen functional groups attached to an aromatic ring is 1. The fourth-order valence-corrected chi connectivity index (χ4v) is 4.37. The molecule has 1 amide bonds. The van der Waals surface area contributed by atoms with Crippen LogP contribution in [0.25, 0.3) is 11.1 Å². The third kappa shape index (κ3) is 5.59. The molecular weight excluding hydrogens is 476 g/mol. The minimum atomic E-state index is -4.87. The standard InChI is InChI=1S/C26H26F4N4O2/c1-15-12-34(13-16(2)33-15)25(35)18-8-6-17(7-9-18)20-10-22(24(31)32-11-20)36-14-19-4-3-5-21(27)23(19)26(28,29)30/h3-11,15-16,33H,12-14H2,1-2H3,(H2,31,32). The largest absolute Gasteiger partial charge is 0.485 e. The number of benzene rings is 2. The first kappa shape index (κ1) is 25.4. The van der Waals surface area contributed by atoms with Crippen molar-refractivity contribution in [3.8, 4) is 16.9 Å². The van der Waals surface area contributed by atoms with Gasteiger partial charge >= 0.3 is 6.18 Å². The van der Waals surface area contributed by atoms with Gasteiger partial charge in [0, 0.05) is 48.1 Å². The second-order valence-corrected chi connectivity index (χ2v) is 8.92. The second-order valence-electron chi connectivity index (χ2n) is 8.92. The quantitative estimate of drug-likeness (QED) is 0.486. The number of anilines is 1. The molecule has 2 heterocycles. The molecular formula is C26H26F4N4O2. The molecule has 4 rings (SSSR count). The van der Waals surface area contributed by atoms with Crippen LogP contribution >= 0.6 is 0 Å². The molecule has 190 valence electrons. The van der Waals surface area contributed by atoms with Crippen molar-refractivity contribution in [2.45, 2.75) is 38.7 Å². The van der Waals surface area contributed by atoms with Crippen molar-refractivity contribution >= 4 is 11.7 Å². The lowest BCUT2D eigenvalue weighted by Gasteiger charge is -2.36. The summed E-state index contributed by atoms with van der Waals surface area (Å²) in [6, 6.07) is 12.0. The topological polar surface area (TPSA) is 80.5 Å². The number of carbonyl (C=O) groups is 1. The highest BCUT2D eigenvalue weighted by molar-refractivity contribution is 5.95. The number of alkyl halides is 3. The van der Waals surface area contributed by atoms with Crippen LogP contribution in [-0.2, 0) is 12.8 Å². The molecule has 1 aromatic heterocycles. The normalized spacial score (nSPS) is 18.2. The average Bonchev–Trinajstić information content (AvgIpc) is 2.82. The van der Waals surface area contributed by atoms with Crippen molar-refractivity contribution in [1.82, 2.24) is 15.2 Å². The smallest absolute Gasteiger partial charge is 0.419 e. The van der Waals surface area contributed by atoms with E-state index in [0.29, 0.717) is 29.8 Å². The summed E-state index contributed by atoms with van der Waals surface area (Å²) in [7, 11) is 0. The highest BCUT2D eigenvalue weighted by atomic mass is 19.4. The number of piperazine rings is 1. The molecule has 36 heavy (non-hydrogen) atoms. The Bertz CT molecular complexity index is 1240. The third-order valence-electron chi connectivity index (χ3n) is 5.96. The number of hydrogen-bond acceptors (Lipinski definition) is 5. The van der Waals surface area contributed by atoms with Gasteiger partial charge in [-0.1, -0.05) is 24.3 Å². The number of hydrogen-bond donors (Lipinski definition) is 2. The molecule has 6 nitrogen and oxygen atoms in total. The Balaban J connectivity index is 1.51. The monoisotopic (exact) mass is 502 g/mol. The number of ether oxygens (including phenoxy) is 1. The first-order valence-corrected chi connectivity index (χ1v) is 11.4. The summed E-state index contributed by atoms with van der Waals surface area (Å²) < 4.78 is 59.2. The van der Waals surface area contributed by atoms with Crippen molar-refractivity contribution < 1.29 is 27.1 Å². The lowest BCUT2D eigenvalue weighted by atomic mass is 10.0. The number of nitrogens with two attached hydrogens (primary N) is 1. The van der Waals surface area contributed by atoms with Gasteiger partial charge in [0.25, 0.3) is 5.91 Å². The number of amides is 1. The Hall–Kier alpha value is -3.66. The average molecular weight is 503 g/mol. The second kappa shape index (κ2) is 10.1. The van der Waals surface area contributed by atoms with Crippen LogP contribution in [0.5, 0.6) is 5.75 Å². The fraction of sp³-hybridized carbons (Fsp3) is 0.308. The van der Waals surface area contributed by atoms with E-state index in [0.717, 1.165) is 12.1 Å². The number of rotatable bonds is 5. The number of aromatic nitrogens is 1. The molecule has 0 bridgehead atoms. The van der Waals surface area contributed by atoms with Crippen LogP contribution < -0.4 is 15.8 Å². The molecule has 0 saturated carbocycles. The maximum Gasteiger partial charge on any atom is 0.419 e. The van der Waals surface area contributed by atoms with Gasteiger partial charge in [-0.05, 0) is 43.7 Å². The molecule has 0 radical (unpaired) electrons. The van der Waals surface area contributed by atoms with Gasteiger partial charge in [0.05, 0.1) is 5.56 Å². The molecule has 1 aliphatic heterocycles. The van der Waals surface area contributed by atoms with E-state index in [4.69, 9.17) is 10.5 Å². The van der Waals surface area contributed by atoms with Gasteiger partial charge in [-0.15, -0.1) is 0 Å². The van der Waals surface area contributed by atoms with Crippen LogP contribution in [0.3, 0.4) is 0 Å². The molecule has 0 spiro atoms. The van der Waals surface area contributed by atoms with Crippen LogP contribution in [0, 0.1) is 5.82 Å². The SMILES string of the molecule is CC1CN(C(=O)c2ccc(-c3cnc(N)c(OCc4cccc(F)c4C(F)(F)F)c3)cc2)CC(C)N1. The number of halogens is 4. The Morgan fingerprint density at radius 2 is 1.78 bits per heavy atom. The van der Waals surface area contributed by atoms with Crippen molar-refractivity contribution in [2.75, 3.05) is 18.8 Å². The van der Waals surface area contributed by atoms with Crippen LogP contribution in [-0.4, -0.2) is 41.0 Å². The highest BCUT2D eigenvalue weighted by Gasteiger charge is 2.36. The van der Waals surface area contributed by atoms with Crippen molar-refractivity contribution in [2.24, 2.45) is 0 Å². The van der Waals surface area contributed by atoms with Gasteiger partial charge in [-0.2, -0.15) is 13.2 Å². The van der Waals surface area contributed by atoms with E-state index in [1.165, 1.54) is 12.3 Å². The highest BCUT2D eigenvalue weighted by Crippen LogP contribution is 2.35. The summed E-state index contributed by atoms with van der Waals surface area (Å²) in [5.74, 6) is -1.38. The Morgan fingerprint density at radius 3 is 2.42 bits per heavy atom. The lowest BCUT2D eigenvalue weighted by Crippen LogP contribution is -2.55. The number of pyridine rings is 1. The Labute approximate surface area is 206 Å². The fourth-order valence-electron chi connectivity index (χ4n) is 4.37. The molecule has 1 aliphatic rings. The van der Waals surface area contributed by atoms with Gasteiger partial charge in [-0.3, -0.25) is 4.79 Å². The molecule has 3 N–H and O–H groups in total. The summed E-state index contributed by atoms with van der Waals surface area (Å²) in [4.78, 5) is 18.8. The maximum absolute atomic E-state index is 13.8. The maximum atomic E-state index is 13.8. The molecule has 3 aromatic rings. The van der Waals surface area contributed by atoms with Gasteiger partial charge in [0.1, 0.15) is 12.4 Å². The van der Waals surface area contributed by atoms with E-state index in [1.54, 1.807) is 30.3 Å². The predicted octanol–water partition coefficient (Wildman–Crippen LogP) is 4.89. The summed E-state index contributed by atoms with van der Waals surface area (Å²) in [5.41, 5.74) is 6.00. The molecule has 2 aromatic carbocycles. The summed E-state index contributed by atoms with van der Waals surface area (Å²) in [6.45, 7) is 4.76. The number of nitrogens with one attached hydrogen (secondary N) is 1. The van der Waals surface area contributed by atoms with Crippen molar-refractivity contribution in [3.63, 3.8) is 0 Å². The Morgan fingerprint density at radius 1 is 1.11 bits per heavy atom. The zero-order chi connectivity index (χ0) is 26.0. The van der Waals surface area contributed by atoms with Gasteiger partial charge in [0.2, 0.25) is 0 Å². The van der Waals surface area contributed by atoms with Gasteiger partial charge < -0.3 is 20.7 Å². The minimum Gasteiger partial charge on any atom is -0.485 e. The van der Waals surface area contributed by atoms with Crippen LogP contribution in [0.1, 0.15) is 35.3 Å². The molecule has 10 heteroatoms. The number of nitrogens with zero attached hydrogens (tertiary/aromatic N) is 2. The first-order chi connectivity index (χ1) is 17.0.